The predicted molar refractivity (Wildman–Crippen MR) is 70.5 cm³/mol. The number of hydrogen-bond acceptors (Lipinski definition) is 3. The molecule has 1 aromatic carbocycles. The number of aliphatic carboxylic acids is 1. The quantitative estimate of drug-likeness (QED) is 0.694. The van der Waals surface area contributed by atoms with Gasteiger partial charge in [0.05, 0.1) is 6.61 Å². The van der Waals surface area contributed by atoms with Gasteiger partial charge in [0, 0.05) is 6.61 Å². The number of carboxylic acid groups (broad SMARTS) is 1. The van der Waals surface area contributed by atoms with Gasteiger partial charge in [-0.05, 0) is 18.5 Å². The monoisotopic (exact) mass is 251 g/mol. The van der Waals surface area contributed by atoms with Crippen molar-refractivity contribution in [3.05, 3.63) is 35.9 Å². The Hall–Kier alpha value is -1.39. The van der Waals surface area contributed by atoms with Crippen molar-refractivity contribution < 1.29 is 14.6 Å². The van der Waals surface area contributed by atoms with Crippen LogP contribution < -0.4 is 5.32 Å². The van der Waals surface area contributed by atoms with Crippen LogP contribution in [0.1, 0.15) is 25.8 Å². The molecule has 0 aliphatic rings. The second-order valence-corrected chi connectivity index (χ2v) is 4.16. The summed E-state index contributed by atoms with van der Waals surface area (Å²) in [6.45, 7) is 5.15. The van der Waals surface area contributed by atoms with Gasteiger partial charge >= 0.3 is 5.97 Å². The minimum Gasteiger partial charge on any atom is -0.480 e. The zero-order chi connectivity index (χ0) is 13.4. The largest absolute Gasteiger partial charge is 0.480 e. The summed E-state index contributed by atoms with van der Waals surface area (Å²) in [5, 5.41) is 12.6. The molecule has 0 heterocycles. The molecule has 0 saturated heterocycles. The molecule has 0 aromatic heterocycles. The van der Waals surface area contributed by atoms with Crippen molar-refractivity contribution in [3.63, 3.8) is 0 Å². The highest BCUT2D eigenvalue weighted by atomic mass is 16.5. The molecule has 0 aliphatic carbocycles. The molecule has 0 radical (unpaired) electrons. The van der Waals surface area contributed by atoms with Crippen LogP contribution in [-0.4, -0.2) is 30.8 Å². The van der Waals surface area contributed by atoms with Crippen molar-refractivity contribution in [2.45, 2.75) is 25.8 Å². The first-order valence-corrected chi connectivity index (χ1v) is 6.29. The number of rotatable bonds is 8. The number of nitrogens with one attached hydrogen (secondary N) is 1. The fourth-order valence-electron chi connectivity index (χ4n) is 1.89. The molecule has 0 fully saturated rings. The Labute approximate surface area is 108 Å². The van der Waals surface area contributed by atoms with Gasteiger partial charge in [-0.25, -0.2) is 4.79 Å². The van der Waals surface area contributed by atoms with Gasteiger partial charge in [0.25, 0.3) is 0 Å². The van der Waals surface area contributed by atoms with E-state index in [0.717, 1.165) is 12.0 Å². The van der Waals surface area contributed by atoms with Crippen LogP contribution in [0.3, 0.4) is 0 Å². The van der Waals surface area contributed by atoms with Crippen molar-refractivity contribution in [3.8, 4) is 0 Å². The number of ether oxygens (including phenoxy) is 1. The van der Waals surface area contributed by atoms with E-state index in [2.05, 4.69) is 5.32 Å². The zero-order valence-corrected chi connectivity index (χ0v) is 11.0. The molecule has 18 heavy (non-hydrogen) atoms. The van der Waals surface area contributed by atoms with Crippen LogP contribution in [0.15, 0.2) is 30.3 Å². The standard InChI is InChI=1S/C14H21NO3/c1-3-10-18-11-14(13(16)17,15-4-2)12-8-6-5-7-9-12/h5-9,15H,3-4,10-11H2,1-2H3,(H,16,17). The van der Waals surface area contributed by atoms with E-state index in [1.807, 2.05) is 44.2 Å². The Morgan fingerprint density at radius 3 is 2.50 bits per heavy atom. The first-order chi connectivity index (χ1) is 8.67. The van der Waals surface area contributed by atoms with Crippen LogP contribution in [0.2, 0.25) is 0 Å². The molecule has 4 heteroatoms. The summed E-state index contributed by atoms with van der Waals surface area (Å²) in [4.78, 5) is 11.7. The Morgan fingerprint density at radius 2 is 2.00 bits per heavy atom. The van der Waals surface area contributed by atoms with Crippen LogP contribution in [0.25, 0.3) is 0 Å². The lowest BCUT2D eigenvalue weighted by molar-refractivity contribution is -0.148. The van der Waals surface area contributed by atoms with E-state index in [1.54, 1.807) is 0 Å². The van der Waals surface area contributed by atoms with Gasteiger partial charge in [0.1, 0.15) is 0 Å². The zero-order valence-electron chi connectivity index (χ0n) is 11.0. The van der Waals surface area contributed by atoms with E-state index < -0.39 is 11.5 Å². The number of carbonyl (C=O) groups is 1. The molecule has 0 bridgehead atoms. The van der Waals surface area contributed by atoms with Crippen molar-refractivity contribution in [1.82, 2.24) is 5.32 Å². The minimum absolute atomic E-state index is 0.133. The maximum Gasteiger partial charge on any atom is 0.331 e. The predicted octanol–water partition coefficient (Wildman–Crippen LogP) is 2.00. The van der Waals surface area contributed by atoms with Crippen LogP contribution in [0.4, 0.5) is 0 Å². The molecule has 2 N–H and O–H groups in total. The average Bonchev–Trinajstić information content (AvgIpc) is 2.38. The summed E-state index contributed by atoms with van der Waals surface area (Å²) in [6, 6.07) is 9.17. The van der Waals surface area contributed by atoms with Gasteiger partial charge in [-0.15, -0.1) is 0 Å². The molecular formula is C14H21NO3. The Bertz CT molecular complexity index is 367. The lowest BCUT2D eigenvalue weighted by Crippen LogP contribution is -2.52. The molecule has 0 spiro atoms. The van der Waals surface area contributed by atoms with Crippen molar-refractivity contribution in [2.75, 3.05) is 19.8 Å². The van der Waals surface area contributed by atoms with Crippen LogP contribution in [0, 0.1) is 0 Å². The first kappa shape index (κ1) is 14.7. The molecule has 4 nitrogen and oxygen atoms in total. The third-order valence-electron chi connectivity index (χ3n) is 2.78. The van der Waals surface area contributed by atoms with Crippen molar-refractivity contribution in [2.24, 2.45) is 0 Å². The molecule has 1 unspecified atom stereocenters. The number of benzene rings is 1. The van der Waals surface area contributed by atoms with Crippen molar-refractivity contribution >= 4 is 5.97 Å². The molecular weight excluding hydrogens is 230 g/mol. The second kappa shape index (κ2) is 7.13. The van der Waals surface area contributed by atoms with Gasteiger partial charge in [-0.1, -0.05) is 44.2 Å². The van der Waals surface area contributed by atoms with E-state index in [4.69, 9.17) is 4.74 Å². The fourth-order valence-corrected chi connectivity index (χ4v) is 1.89. The molecule has 1 rings (SSSR count). The topological polar surface area (TPSA) is 58.6 Å². The highest BCUT2D eigenvalue weighted by molar-refractivity contribution is 5.81. The second-order valence-electron chi connectivity index (χ2n) is 4.16. The lowest BCUT2D eigenvalue weighted by Gasteiger charge is -2.30. The number of hydrogen-bond donors (Lipinski definition) is 2. The number of carboxylic acids is 1. The smallest absolute Gasteiger partial charge is 0.331 e. The summed E-state index contributed by atoms with van der Waals surface area (Å²) in [6.07, 6.45) is 0.872. The summed E-state index contributed by atoms with van der Waals surface area (Å²) >= 11 is 0. The van der Waals surface area contributed by atoms with E-state index in [-0.39, 0.29) is 6.61 Å². The summed E-state index contributed by atoms with van der Waals surface area (Å²) in [5.74, 6) is -0.911. The van der Waals surface area contributed by atoms with Gasteiger partial charge in [-0.3, -0.25) is 5.32 Å². The van der Waals surface area contributed by atoms with E-state index in [0.29, 0.717) is 13.2 Å². The highest BCUT2D eigenvalue weighted by Gasteiger charge is 2.39. The molecule has 100 valence electrons. The Kier molecular flexibility index (Phi) is 5.82. The molecule has 1 atom stereocenters. The third-order valence-corrected chi connectivity index (χ3v) is 2.78. The first-order valence-electron chi connectivity index (χ1n) is 6.29. The molecule has 1 aromatic rings. The molecule has 0 saturated carbocycles. The average molecular weight is 251 g/mol. The SMILES string of the molecule is CCCOCC(NCC)(C(=O)O)c1ccccc1. The number of likely N-dealkylation sites (N-methyl/N-ethyl adjacent to an activating group) is 1. The summed E-state index contributed by atoms with van der Waals surface area (Å²) < 4.78 is 5.47. The summed E-state index contributed by atoms with van der Waals surface area (Å²) in [7, 11) is 0. The van der Waals surface area contributed by atoms with Crippen LogP contribution in [0.5, 0.6) is 0 Å². The van der Waals surface area contributed by atoms with Gasteiger partial charge in [-0.2, -0.15) is 0 Å². The summed E-state index contributed by atoms with van der Waals surface area (Å²) in [5.41, 5.74) is -0.444. The fraction of sp³-hybridized carbons (Fsp3) is 0.500. The van der Waals surface area contributed by atoms with E-state index in [1.165, 1.54) is 0 Å². The van der Waals surface area contributed by atoms with E-state index >= 15 is 0 Å². The minimum atomic E-state index is -1.16. The molecule has 0 amide bonds. The van der Waals surface area contributed by atoms with Crippen LogP contribution >= 0.6 is 0 Å². The van der Waals surface area contributed by atoms with Crippen molar-refractivity contribution in [1.29, 1.82) is 0 Å². The van der Waals surface area contributed by atoms with Crippen LogP contribution in [-0.2, 0) is 15.1 Å². The van der Waals surface area contributed by atoms with Gasteiger partial charge < -0.3 is 9.84 Å². The Balaban J connectivity index is 3.01. The van der Waals surface area contributed by atoms with Gasteiger partial charge in [0.15, 0.2) is 5.54 Å². The lowest BCUT2D eigenvalue weighted by atomic mass is 9.90. The van der Waals surface area contributed by atoms with Gasteiger partial charge in [0.2, 0.25) is 0 Å². The Morgan fingerprint density at radius 1 is 1.33 bits per heavy atom. The van der Waals surface area contributed by atoms with E-state index in [9.17, 15) is 9.90 Å². The highest BCUT2D eigenvalue weighted by Crippen LogP contribution is 2.22. The normalized spacial score (nSPS) is 14.1. The maximum atomic E-state index is 11.7. The molecule has 0 aliphatic heterocycles. The third kappa shape index (κ3) is 3.31. The maximum absolute atomic E-state index is 11.7.